The molecule has 3 rings (SSSR count). The molecule has 0 saturated carbocycles. The highest BCUT2D eigenvalue weighted by Crippen LogP contribution is 2.21. The largest absolute Gasteiger partial charge is 0.354 e. The molecule has 0 aliphatic rings. The first-order valence-electron chi connectivity index (χ1n) is 7.42. The number of halogens is 2. The second kappa shape index (κ2) is 6.98. The van der Waals surface area contributed by atoms with Crippen LogP contribution in [0.3, 0.4) is 0 Å². The molecular formula is C15H16ClFN6O. The maximum atomic E-state index is 14.0. The molecule has 126 valence electrons. The summed E-state index contributed by atoms with van der Waals surface area (Å²) in [6.45, 7) is 1.15. The lowest BCUT2D eigenvalue weighted by Gasteiger charge is -2.08. The lowest BCUT2D eigenvalue weighted by molar-refractivity contribution is 0.599. The van der Waals surface area contributed by atoms with Crippen LogP contribution in [0.5, 0.6) is 0 Å². The summed E-state index contributed by atoms with van der Waals surface area (Å²) in [5, 5.41) is 3.29. The minimum atomic E-state index is -0.473. The molecule has 0 fully saturated rings. The summed E-state index contributed by atoms with van der Waals surface area (Å²) >= 11 is 6.04. The number of anilines is 1. The van der Waals surface area contributed by atoms with Crippen LogP contribution in [0.2, 0.25) is 5.02 Å². The molecule has 1 aromatic carbocycles. The summed E-state index contributed by atoms with van der Waals surface area (Å²) in [7, 11) is 0. The smallest absolute Gasteiger partial charge is 0.328 e. The highest BCUT2D eigenvalue weighted by atomic mass is 35.5. The SMILES string of the molecule is NCCCNc1ncc2[nH]c(=O)n(Cc3c(F)cccc3Cl)c2n1. The van der Waals surface area contributed by atoms with E-state index in [9.17, 15) is 9.18 Å². The van der Waals surface area contributed by atoms with Crippen LogP contribution in [0.15, 0.2) is 29.2 Å². The number of imidazole rings is 1. The lowest BCUT2D eigenvalue weighted by atomic mass is 10.2. The van der Waals surface area contributed by atoms with E-state index in [-0.39, 0.29) is 17.1 Å². The molecule has 2 heterocycles. The van der Waals surface area contributed by atoms with Crippen LogP contribution in [0.1, 0.15) is 12.0 Å². The number of nitrogens with two attached hydrogens (primary N) is 1. The Bertz CT molecular complexity index is 902. The first kappa shape index (κ1) is 16.4. The van der Waals surface area contributed by atoms with Gasteiger partial charge in [-0.25, -0.2) is 14.2 Å². The number of rotatable bonds is 6. The topological polar surface area (TPSA) is 102 Å². The number of H-pyrrole nitrogens is 1. The third-order valence-electron chi connectivity index (χ3n) is 3.55. The summed E-state index contributed by atoms with van der Waals surface area (Å²) in [6.07, 6.45) is 2.28. The second-order valence-electron chi connectivity index (χ2n) is 5.22. The molecule has 0 amide bonds. The van der Waals surface area contributed by atoms with E-state index >= 15 is 0 Å². The maximum Gasteiger partial charge on any atom is 0.328 e. The van der Waals surface area contributed by atoms with Crippen molar-refractivity contribution in [1.29, 1.82) is 0 Å². The molecule has 9 heteroatoms. The van der Waals surface area contributed by atoms with E-state index in [1.165, 1.54) is 22.9 Å². The van der Waals surface area contributed by atoms with Crippen molar-refractivity contribution >= 4 is 28.7 Å². The number of benzene rings is 1. The number of aromatic nitrogens is 4. The van der Waals surface area contributed by atoms with Crippen LogP contribution in [0.4, 0.5) is 10.3 Å². The van der Waals surface area contributed by atoms with Crippen molar-refractivity contribution in [3.63, 3.8) is 0 Å². The molecule has 2 aromatic heterocycles. The summed E-state index contributed by atoms with van der Waals surface area (Å²) < 4.78 is 15.3. The monoisotopic (exact) mass is 350 g/mol. The molecule has 0 saturated heterocycles. The zero-order valence-corrected chi connectivity index (χ0v) is 13.5. The van der Waals surface area contributed by atoms with Gasteiger partial charge in [0.1, 0.15) is 11.3 Å². The third-order valence-corrected chi connectivity index (χ3v) is 3.91. The van der Waals surface area contributed by atoms with E-state index in [2.05, 4.69) is 20.3 Å². The van der Waals surface area contributed by atoms with Crippen molar-refractivity contribution in [2.24, 2.45) is 5.73 Å². The van der Waals surface area contributed by atoms with Gasteiger partial charge in [-0.15, -0.1) is 0 Å². The van der Waals surface area contributed by atoms with Gasteiger partial charge in [0, 0.05) is 17.1 Å². The lowest BCUT2D eigenvalue weighted by Crippen LogP contribution is -2.19. The molecule has 7 nitrogen and oxygen atoms in total. The standard InChI is InChI=1S/C15H16ClFN6O/c16-10-3-1-4-11(17)9(10)8-23-13-12(21-15(23)24)7-20-14(22-13)19-6-2-5-18/h1,3-4,7H,2,5-6,8,18H2,(H,21,24)(H,19,20,22). The van der Waals surface area contributed by atoms with Gasteiger partial charge >= 0.3 is 5.69 Å². The van der Waals surface area contributed by atoms with Gasteiger partial charge in [0.2, 0.25) is 5.95 Å². The highest BCUT2D eigenvalue weighted by Gasteiger charge is 2.14. The van der Waals surface area contributed by atoms with Crippen molar-refractivity contribution in [2.75, 3.05) is 18.4 Å². The molecule has 0 unspecified atom stereocenters. The van der Waals surface area contributed by atoms with E-state index in [1.54, 1.807) is 6.07 Å². The Balaban J connectivity index is 1.99. The van der Waals surface area contributed by atoms with Crippen LogP contribution >= 0.6 is 11.6 Å². The van der Waals surface area contributed by atoms with E-state index in [1.807, 2.05) is 0 Å². The van der Waals surface area contributed by atoms with Gasteiger partial charge in [0.25, 0.3) is 0 Å². The Morgan fingerprint density at radius 3 is 3.00 bits per heavy atom. The van der Waals surface area contributed by atoms with Gasteiger partial charge in [-0.1, -0.05) is 17.7 Å². The van der Waals surface area contributed by atoms with Gasteiger partial charge in [-0.2, -0.15) is 4.98 Å². The predicted molar refractivity (Wildman–Crippen MR) is 90.8 cm³/mol. The average molecular weight is 351 g/mol. The fourth-order valence-corrected chi connectivity index (χ4v) is 2.54. The van der Waals surface area contributed by atoms with Gasteiger partial charge in [0.05, 0.1) is 12.7 Å². The minimum Gasteiger partial charge on any atom is -0.354 e. The summed E-state index contributed by atoms with van der Waals surface area (Å²) in [5.74, 6) is -0.0950. The highest BCUT2D eigenvalue weighted by molar-refractivity contribution is 6.31. The van der Waals surface area contributed by atoms with Gasteiger partial charge in [0.15, 0.2) is 5.65 Å². The van der Waals surface area contributed by atoms with E-state index in [0.29, 0.717) is 30.2 Å². The number of hydrogen-bond donors (Lipinski definition) is 3. The Morgan fingerprint density at radius 2 is 2.25 bits per heavy atom. The molecule has 0 atom stereocenters. The summed E-state index contributed by atoms with van der Waals surface area (Å²) in [6, 6.07) is 4.39. The maximum absolute atomic E-state index is 14.0. The summed E-state index contributed by atoms with van der Waals surface area (Å²) in [4.78, 5) is 23.3. The number of nitrogens with one attached hydrogen (secondary N) is 2. The quantitative estimate of drug-likeness (QED) is 0.587. The van der Waals surface area contributed by atoms with Crippen LogP contribution in [0.25, 0.3) is 11.2 Å². The second-order valence-corrected chi connectivity index (χ2v) is 5.62. The van der Waals surface area contributed by atoms with Crippen LogP contribution in [-0.2, 0) is 6.54 Å². The van der Waals surface area contributed by atoms with Crippen molar-refractivity contribution in [3.05, 3.63) is 51.3 Å². The molecule has 0 aliphatic carbocycles. The Labute approximate surface area is 141 Å². The van der Waals surface area contributed by atoms with Crippen molar-refractivity contribution in [2.45, 2.75) is 13.0 Å². The van der Waals surface area contributed by atoms with Crippen molar-refractivity contribution < 1.29 is 4.39 Å². The van der Waals surface area contributed by atoms with E-state index < -0.39 is 11.5 Å². The summed E-state index contributed by atoms with van der Waals surface area (Å²) in [5.41, 5.74) is 6.12. The molecule has 24 heavy (non-hydrogen) atoms. The first-order valence-corrected chi connectivity index (χ1v) is 7.80. The fraction of sp³-hybridized carbons (Fsp3) is 0.267. The number of nitrogens with zero attached hydrogens (tertiary/aromatic N) is 3. The Kier molecular flexibility index (Phi) is 4.77. The normalized spacial score (nSPS) is 11.1. The average Bonchev–Trinajstić information content (AvgIpc) is 2.86. The zero-order chi connectivity index (χ0) is 17.1. The van der Waals surface area contributed by atoms with E-state index in [0.717, 1.165) is 6.42 Å². The Morgan fingerprint density at radius 1 is 1.42 bits per heavy atom. The Hall–Kier alpha value is -2.45. The molecule has 0 radical (unpaired) electrons. The molecule has 0 bridgehead atoms. The molecule has 0 spiro atoms. The molecular weight excluding hydrogens is 335 g/mol. The molecule has 0 aliphatic heterocycles. The van der Waals surface area contributed by atoms with Gasteiger partial charge in [-0.3, -0.25) is 4.57 Å². The number of fused-ring (bicyclic) bond motifs is 1. The van der Waals surface area contributed by atoms with Crippen LogP contribution < -0.4 is 16.7 Å². The molecule has 3 aromatic rings. The van der Waals surface area contributed by atoms with Crippen molar-refractivity contribution in [1.82, 2.24) is 19.5 Å². The number of hydrogen-bond acceptors (Lipinski definition) is 5. The minimum absolute atomic E-state index is 0.0242. The van der Waals surface area contributed by atoms with E-state index in [4.69, 9.17) is 17.3 Å². The van der Waals surface area contributed by atoms with Crippen molar-refractivity contribution in [3.8, 4) is 0 Å². The predicted octanol–water partition coefficient (Wildman–Crippen LogP) is 1.72. The number of aromatic amines is 1. The third kappa shape index (κ3) is 3.24. The zero-order valence-electron chi connectivity index (χ0n) is 12.7. The molecule has 4 N–H and O–H groups in total. The first-order chi connectivity index (χ1) is 11.6. The van der Waals surface area contributed by atoms with Gasteiger partial charge in [-0.05, 0) is 25.1 Å². The fourth-order valence-electron chi connectivity index (χ4n) is 2.32. The van der Waals surface area contributed by atoms with Crippen LogP contribution in [-0.4, -0.2) is 32.6 Å². The van der Waals surface area contributed by atoms with Crippen LogP contribution in [0, 0.1) is 5.82 Å². The van der Waals surface area contributed by atoms with Gasteiger partial charge < -0.3 is 16.0 Å².